The summed E-state index contributed by atoms with van der Waals surface area (Å²) in [6.07, 6.45) is 8.18. The smallest absolute Gasteiger partial charge is 0.192 e. The molecule has 1 aromatic rings. The Morgan fingerprint density at radius 1 is 1.19 bits per heavy atom. The number of rotatable bonds is 11. The Bertz CT molecular complexity index is 569. The van der Waals surface area contributed by atoms with Crippen LogP contribution in [0, 0.1) is 6.92 Å². The van der Waals surface area contributed by atoms with Crippen molar-refractivity contribution in [2.24, 2.45) is 0 Å². The predicted molar refractivity (Wildman–Crippen MR) is 116 cm³/mol. The van der Waals surface area contributed by atoms with Crippen molar-refractivity contribution in [2.75, 3.05) is 13.1 Å². The second-order valence-corrected chi connectivity index (χ2v) is 12.8. The summed E-state index contributed by atoms with van der Waals surface area (Å²) >= 11 is 0. The number of aryl methyl sites for hydroxylation is 2. The van der Waals surface area contributed by atoms with Gasteiger partial charge in [0.1, 0.15) is 0 Å². The zero-order chi connectivity index (χ0) is 19.9. The number of nitrogens with one attached hydrogen (secondary N) is 1. The second-order valence-electron chi connectivity index (χ2n) is 8.04. The summed E-state index contributed by atoms with van der Waals surface area (Å²) in [5, 5.41) is 3.67. The largest absolute Gasteiger partial charge is 0.409 e. The van der Waals surface area contributed by atoms with Crippen LogP contribution in [0.4, 0.5) is 0 Å². The van der Waals surface area contributed by atoms with Crippen molar-refractivity contribution in [3.63, 3.8) is 0 Å². The van der Waals surface area contributed by atoms with Gasteiger partial charge in [0.2, 0.25) is 0 Å². The highest BCUT2D eigenvalue weighted by Crippen LogP contribution is 2.32. The lowest BCUT2D eigenvalue weighted by molar-refractivity contribution is 0.0539. The Morgan fingerprint density at radius 3 is 2.44 bits per heavy atom. The third-order valence-electron chi connectivity index (χ3n) is 6.32. The molecular formula is C22H40N2O2Si. The molecule has 1 unspecified atom stereocenters. The van der Waals surface area contributed by atoms with E-state index in [4.69, 9.17) is 9.16 Å². The highest BCUT2D eigenvalue weighted by molar-refractivity contribution is 6.73. The molecule has 1 aromatic heterocycles. The van der Waals surface area contributed by atoms with Crippen LogP contribution in [-0.2, 0) is 15.6 Å². The molecule has 1 N–H and O–H groups in total. The first-order chi connectivity index (χ1) is 13.0. The van der Waals surface area contributed by atoms with Gasteiger partial charge in [0.05, 0.1) is 18.3 Å². The first-order valence-electron chi connectivity index (χ1n) is 11.0. The van der Waals surface area contributed by atoms with E-state index in [1.165, 1.54) is 41.2 Å². The van der Waals surface area contributed by atoms with Gasteiger partial charge in [-0.1, -0.05) is 27.7 Å². The van der Waals surface area contributed by atoms with Crippen LogP contribution in [0.25, 0.3) is 0 Å². The molecular weight excluding hydrogens is 352 g/mol. The molecule has 1 aliphatic rings. The first kappa shape index (κ1) is 22.5. The number of pyridine rings is 1. The molecule has 154 valence electrons. The molecule has 1 fully saturated rings. The van der Waals surface area contributed by atoms with Crippen LogP contribution in [0.1, 0.15) is 70.3 Å². The number of hydrogen-bond acceptors (Lipinski definition) is 4. The van der Waals surface area contributed by atoms with Crippen LogP contribution in [0.3, 0.4) is 0 Å². The Hall–Kier alpha value is -0.753. The monoisotopic (exact) mass is 392 g/mol. The third-order valence-corrected chi connectivity index (χ3v) is 11.0. The molecule has 1 saturated heterocycles. The van der Waals surface area contributed by atoms with Crippen LogP contribution >= 0.6 is 0 Å². The van der Waals surface area contributed by atoms with E-state index in [1.54, 1.807) is 0 Å². The van der Waals surface area contributed by atoms with Gasteiger partial charge in [-0.3, -0.25) is 4.98 Å². The minimum atomic E-state index is -1.71. The maximum absolute atomic E-state index is 6.99. The molecule has 5 heteroatoms. The van der Waals surface area contributed by atoms with E-state index in [9.17, 15) is 0 Å². The van der Waals surface area contributed by atoms with Crippen LogP contribution in [0.2, 0.25) is 18.1 Å². The van der Waals surface area contributed by atoms with E-state index in [0.29, 0.717) is 12.2 Å². The predicted octanol–water partition coefficient (Wildman–Crippen LogP) is 5.17. The number of nitrogens with zero attached hydrogens (tertiary/aromatic N) is 1. The molecule has 2 heterocycles. The van der Waals surface area contributed by atoms with Crippen LogP contribution in [-0.4, -0.2) is 38.6 Å². The Balaban J connectivity index is 2.18. The molecule has 0 radical (unpaired) electrons. The van der Waals surface area contributed by atoms with Gasteiger partial charge in [-0.05, 0) is 67.9 Å². The van der Waals surface area contributed by atoms with Gasteiger partial charge in [0.15, 0.2) is 8.32 Å². The molecule has 1 aliphatic heterocycles. The number of aromatic nitrogens is 1. The molecule has 0 aliphatic carbocycles. The van der Waals surface area contributed by atoms with Gasteiger partial charge < -0.3 is 14.5 Å². The molecule has 0 saturated carbocycles. The molecule has 4 nitrogen and oxygen atoms in total. The van der Waals surface area contributed by atoms with E-state index in [2.05, 4.69) is 51.8 Å². The highest BCUT2D eigenvalue weighted by atomic mass is 28.4. The standard InChI is InChI=1S/C22H40N2O2Si/c1-7-19-14-23-13-17(5)22(19)21(26-27(8-2,9-3)10-4)16-24-15-20-12-11-18(6)25-20/h13-14,18,20-21,24H,7-12,15-16H2,1-6H3/t18-,20+,21?/m1/s1. The van der Waals surface area contributed by atoms with Crippen molar-refractivity contribution in [3.8, 4) is 0 Å². The van der Waals surface area contributed by atoms with E-state index < -0.39 is 8.32 Å². The molecule has 0 spiro atoms. The molecule has 2 rings (SSSR count). The second kappa shape index (κ2) is 10.7. The van der Waals surface area contributed by atoms with Crippen molar-refractivity contribution in [1.82, 2.24) is 10.3 Å². The fourth-order valence-electron chi connectivity index (χ4n) is 4.29. The summed E-state index contributed by atoms with van der Waals surface area (Å²) < 4.78 is 13.0. The van der Waals surface area contributed by atoms with E-state index in [0.717, 1.165) is 25.9 Å². The summed E-state index contributed by atoms with van der Waals surface area (Å²) in [6, 6.07) is 3.52. The van der Waals surface area contributed by atoms with Crippen molar-refractivity contribution in [2.45, 2.75) is 97.2 Å². The molecule has 0 amide bonds. The van der Waals surface area contributed by atoms with Gasteiger partial charge in [-0.15, -0.1) is 0 Å². The van der Waals surface area contributed by atoms with E-state index in [-0.39, 0.29) is 6.10 Å². The fraction of sp³-hybridized carbons (Fsp3) is 0.773. The Labute approximate surface area is 167 Å². The van der Waals surface area contributed by atoms with Gasteiger partial charge in [-0.2, -0.15) is 0 Å². The van der Waals surface area contributed by atoms with Crippen molar-refractivity contribution >= 4 is 8.32 Å². The summed E-state index contributed by atoms with van der Waals surface area (Å²) in [7, 11) is -1.71. The van der Waals surface area contributed by atoms with Crippen LogP contribution in [0.15, 0.2) is 12.4 Å². The minimum Gasteiger partial charge on any atom is -0.409 e. The summed E-state index contributed by atoms with van der Waals surface area (Å²) in [6.45, 7) is 15.2. The first-order valence-corrected chi connectivity index (χ1v) is 13.5. The lowest BCUT2D eigenvalue weighted by atomic mass is 9.98. The zero-order valence-corrected chi connectivity index (χ0v) is 19.3. The zero-order valence-electron chi connectivity index (χ0n) is 18.3. The fourth-order valence-corrected chi connectivity index (χ4v) is 7.09. The van der Waals surface area contributed by atoms with Crippen molar-refractivity contribution in [3.05, 3.63) is 29.1 Å². The van der Waals surface area contributed by atoms with Gasteiger partial charge >= 0.3 is 0 Å². The SMILES string of the molecule is CCc1cncc(C)c1C(CNC[C@@H]1CC[C@@H](C)O1)O[Si](CC)(CC)CC. The maximum atomic E-state index is 6.99. The Kier molecular flexibility index (Phi) is 8.93. The number of ether oxygens (including phenoxy) is 1. The van der Waals surface area contributed by atoms with Crippen LogP contribution in [0.5, 0.6) is 0 Å². The van der Waals surface area contributed by atoms with Gasteiger partial charge in [-0.25, -0.2) is 0 Å². The molecule has 27 heavy (non-hydrogen) atoms. The number of hydrogen-bond donors (Lipinski definition) is 1. The highest BCUT2D eigenvalue weighted by Gasteiger charge is 2.34. The lowest BCUT2D eigenvalue weighted by Gasteiger charge is -2.35. The molecule has 0 bridgehead atoms. The summed E-state index contributed by atoms with van der Waals surface area (Å²) in [4.78, 5) is 4.42. The van der Waals surface area contributed by atoms with Gasteiger partial charge in [0, 0.05) is 25.5 Å². The summed E-state index contributed by atoms with van der Waals surface area (Å²) in [5.41, 5.74) is 3.92. The van der Waals surface area contributed by atoms with Crippen molar-refractivity contribution in [1.29, 1.82) is 0 Å². The average Bonchev–Trinajstić information content (AvgIpc) is 3.10. The quantitative estimate of drug-likeness (QED) is 0.527. The topological polar surface area (TPSA) is 43.4 Å². The molecule has 3 atom stereocenters. The maximum Gasteiger partial charge on any atom is 0.192 e. The minimum absolute atomic E-state index is 0.105. The normalized spacial score (nSPS) is 21.6. The van der Waals surface area contributed by atoms with Crippen LogP contribution < -0.4 is 5.32 Å². The summed E-state index contributed by atoms with van der Waals surface area (Å²) in [5.74, 6) is 0. The van der Waals surface area contributed by atoms with Crippen molar-refractivity contribution < 1.29 is 9.16 Å². The lowest BCUT2D eigenvalue weighted by Crippen LogP contribution is -2.41. The van der Waals surface area contributed by atoms with E-state index in [1.807, 2.05) is 12.4 Å². The van der Waals surface area contributed by atoms with E-state index >= 15 is 0 Å². The van der Waals surface area contributed by atoms with Gasteiger partial charge in [0.25, 0.3) is 0 Å². The third kappa shape index (κ3) is 5.86. The molecule has 0 aromatic carbocycles. The Morgan fingerprint density at radius 2 is 1.89 bits per heavy atom. The average molecular weight is 393 g/mol.